The maximum atomic E-state index is 13.1. The van der Waals surface area contributed by atoms with Gasteiger partial charge in [-0.1, -0.05) is 12.1 Å². The topological polar surface area (TPSA) is 75.5 Å². The Hall–Kier alpha value is -1.93. The van der Waals surface area contributed by atoms with Crippen molar-refractivity contribution in [3.63, 3.8) is 0 Å². The highest BCUT2D eigenvalue weighted by Gasteiger charge is 2.40. The molecule has 27 heavy (non-hydrogen) atoms. The number of hydrogen-bond acceptors (Lipinski definition) is 4. The molecule has 1 aromatic heterocycles. The van der Waals surface area contributed by atoms with Gasteiger partial charge in [0, 0.05) is 32.6 Å². The van der Waals surface area contributed by atoms with Gasteiger partial charge in [-0.15, -0.1) is 0 Å². The Kier molecular flexibility index (Phi) is 4.71. The van der Waals surface area contributed by atoms with Gasteiger partial charge in [0.2, 0.25) is 15.9 Å². The molecule has 8 heteroatoms. The first-order valence-electron chi connectivity index (χ1n) is 9.53. The third kappa shape index (κ3) is 3.36. The summed E-state index contributed by atoms with van der Waals surface area (Å²) in [6.07, 6.45) is 4.44. The van der Waals surface area contributed by atoms with Crippen LogP contribution < -0.4 is 0 Å². The minimum atomic E-state index is -3.36. The molecule has 0 N–H and O–H groups in total. The van der Waals surface area contributed by atoms with Gasteiger partial charge in [0.15, 0.2) is 0 Å². The van der Waals surface area contributed by atoms with Gasteiger partial charge < -0.3 is 9.47 Å². The Bertz CT molecular complexity index is 968. The van der Waals surface area contributed by atoms with Crippen LogP contribution >= 0.6 is 0 Å². The normalized spacial score (nSPS) is 24.6. The van der Waals surface area contributed by atoms with E-state index in [-0.39, 0.29) is 11.8 Å². The number of piperidine rings is 1. The van der Waals surface area contributed by atoms with Crippen LogP contribution in [0.25, 0.3) is 11.0 Å². The number of fused-ring (bicyclic) bond motifs is 1. The molecule has 2 aliphatic rings. The van der Waals surface area contributed by atoms with E-state index in [9.17, 15) is 13.2 Å². The van der Waals surface area contributed by atoms with E-state index in [1.165, 1.54) is 10.6 Å². The third-order valence-electron chi connectivity index (χ3n) is 5.83. The fourth-order valence-corrected chi connectivity index (χ4v) is 5.63. The van der Waals surface area contributed by atoms with E-state index in [1.807, 2.05) is 30.1 Å². The summed E-state index contributed by atoms with van der Waals surface area (Å²) in [7, 11) is -1.33. The Morgan fingerprint density at radius 2 is 1.89 bits per heavy atom. The van der Waals surface area contributed by atoms with Crippen molar-refractivity contribution < 1.29 is 13.2 Å². The molecule has 2 saturated heterocycles. The van der Waals surface area contributed by atoms with Crippen molar-refractivity contribution in [3.05, 3.63) is 30.1 Å². The number of likely N-dealkylation sites (tertiary alicyclic amines) is 1. The molecular weight excluding hydrogens is 364 g/mol. The highest BCUT2D eigenvalue weighted by atomic mass is 32.2. The molecular formula is C19H26N4O3S. The Morgan fingerprint density at radius 3 is 2.63 bits per heavy atom. The largest absolute Gasteiger partial charge is 0.341 e. The molecule has 0 aliphatic carbocycles. The van der Waals surface area contributed by atoms with E-state index in [1.54, 1.807) is 0 Å². The molecule has 0 bridgehead atoms. The lowest BCUT2D eigenvalue weighted by molar-refractivity contribution is -0.135. The van der Waals surface area contributed by atoms with Gasteiger partial charge in [-0.3, -0.25) is 4.79 Å². The van der Waals surface area contributed by atoms with Gasteiger partial charge in [0.05, 0.1) is 17.3 Å². The average Bonchev–Trinajstić information content (AvgIpc) is 3.27. The Morgan fingerprint density at radius 1 is 1.15 bits per heavy atom. The molecule has 1 amide bonds. The molecule has 2 aliphatic heterocycles. The van der Waals surface area contributed by atoms with E-state index in [0.717, 1.165) is 36.1 Å². The molecule has 146 valence electrons. The average molecular weight is 391 g/mol. The SMILES string of the molecule is Cn1c(C2CCCN(C(=O)C3CCCN3S(C)(=O)=O)C2)nc2ccccc21. The molecule has 2 aromatic rings. The maximum Gasteiger partial charge on any atom is 0.241 e. The van der Waals surface area contributed by atoms with Crippen LogP contribution in [0.2, 0.25) is 0 Å². The second-order valence-corrected chi connectivity index (χ2v) is 9.61. The van der Waals surface area contributed by atoms with Crippen LogP contribution in [-0.4, -0.2) is 65.0 Å². The summed E-state index contributed by atoms with van der Waals surface area (Å²) < 4.78 is 27.5. The first-order valence-corrected chi connectivity index (χ1v) is 11.4. The monoisotopic (exact) mass is 390 g/mol. The summed E-state index contributed by atoms with van der Waals surface area (Å²) in [5.74, 6) is 1.12. The molecule has 2 unspecified atom stereocenters. The van der Waals surface area contributed by atoms with Gasteiger partial charge in [-0.05, 0) is 37.8 Å². The maximum absolute atomic E-state index is 13.1. The Balaban J connectivity index is 1.56. The number of para-hydroxylation sites is 2. The third-order valence-corrected chi connectivity index (χ3v) is 7.12. The van der Waals surface area contributed by atoms with E-state index >= 15 is 0 Å². The lowest BCUT2D eigenvalue weighted by atomic mass is 9.96. The minimum Gasteiger partial charge on any atom is -0.341 e. The van der Waals surface area contributed by atoms with E-state index in [4.69, 9.17) is 4.98 Å². The number of hydrogen-bond donors (Lipinski definition) is 0. The standard InChI is InChI=1S/C19H26N4O3S/c1-21-16-9-4-3-8-15(16)20-18(21)14-7-5-11-22(13-14)19(24)17-10-6-12-23(17)27(2,25)26/h3-4,8-9,14,17H,5-7,10-13H2,1-2H3. The van der Waals surface area contributed by atoms with Crippen molar-refractivity contribution in [1.29, 1.82) is 0 Å². The zero-order valence-electron chi connectivity index (χ0n) is 15.8. The molecule has 0 saturated carbocycles. The number of nitrogens with zero attached hydrogens (tertiary/aromatic N) is 4. The zero-order chi connectivity index (χ0) is 19.2. The smallest absolute Gasteiger partial charge is 0.241 e. The lowest BCUT2D eigenvalue weighted by Crippen LogP contribution is -2.50. The first kappa shape index (κ1) is 18.4. The van der Waals surface area contributed by atoms with E-state index in [2.05, 4.69) is 10.6 Å². The second-order valence-electron chi connectivity index (χ2n) is 7.67. The van der Waals surface area contributed by atoms with Crippen LogP contribution in [0.5, 0.6) is 0 Å². The molecule has 1 aromatic carbocycles. The van der Waals surface area contributed by atoms with Gasteiger partial charge in [0.1, 0.15) is 11.9 Å². The number of amides is 1. The zero-order valence-corrected chi connectivity index (χ0v) is 16.7. The summed E-state index contributed by atoms with van der Waals surface area (Å²) in [4.78, 5) is 19.7. The lowest BCUT2D eigenvalue weighted by Gasteiger charge is -2.35. The molecule has 4 rings (SSSR count). The second kappa shape index (κ2) is 6.91. The van der Waals surface area contributed by atoms with Gasteiger partial charge >= 0.3 is 0 Å². The molecule has 0 radical (unpaired) electrons. The quantitative estimate of drug-likeness (QED) is 0.799. The summed E-state index contributed by atoms with van der Waals surface area (Å²) in [6.45, 7) is 1.73. The van der Waals surface area contributed by atoms with Crippen molar-refractivity contribution in [3.8, 4) is 0 Å². The Labute approximate surface area is 160 Å². The van der Waals surface area contributed by atoms with Crippen LogP contribution in [0.4, 0.5) is 0 Å². The molecule has 7 nitrogen and oxygen atoms in total. The van der Waals surface area contributed by atoms with E-state index in [0.29, 0.717) is 26.1 Å². The van der Waals surface area contributed by atoms with E-state index < -0.39 is 16.1 Å². The van der Waals surface area contributed by atoms with Gasteiger partial charge in [-0.25, -0.2) is 13.4 Å². The predicted molar refractivity (Wildman–Crippen MR) is 104 cm³/mol. The van der Waals surface area contributed by atoms with Gasteiger partial charge in [0.25, 0.3) is 0 Å². The fraction of sp³-hybridized carbons (Fsp3) is 0.579. The highest BCUT2D eigenvalue weighted by Crippen LogP contribution is 2.30. The summed E-state index contributed by atoms with van der Waals surface area (Å²) in [6, 6.07) is 7.51. The number of carbonyl (C=O) groups excluding carboxylic acids is 1. The van der Waals surface area contributed by atoms with Gasteiger partial charge in [-0.2, -0.15) is 4.31 Å². The van der Waals surface area contributed by atoms with Crippen molar-refractivity contribution in [2.75, 3.05) is 25.9 Å². The number of aryl methyl sites for hydroxylation is 1. The van der Waals surface area contributed by atoms with Crippen molar-refractivity contribution in [2.24, 2.45) is 7.05 Å². The number of aromatic nitrogens is 2. The summed E-state index contributed by atoms with van der Waals surface area (Å²) in [5.41, 5.74) is 2.06. The van der Waals surface area contributed by atoms with Crippen LogP contribution in [0.3, 0.4) is 0 Å². The molecule has 0 spiro atoms. The highest BCUT2D eigenvalue weighted by molar-refractivity contribution is 7.88. The van der Waals surface area contributed by atoms with Crippen LogP contribution in [-0.2, 0) is 21.9 Å². The molecule has 3 heterocycles. The molecule has 2 fully saturated rings. The predicted octanol–water partition coefficient (Wildman–Crippen LogP) is 1.70. The molecule has 2 atom stereocenters. The number of imidazole rings is 1. The van der Waals surface area contributed by atoms with Crippen LogP contribution in [0, 0.1) is 0 Å². The fourth-order valence-electron chi connectivity index (χ4n) is 4.51. The van der Waals surface area contributed by atoms with Crippen LogP contribution in [0.15, 0.2) is 24.3 Å². The number of sulfonamides is 1. The van der Waals surface area contributed by atoms with Crippen LogP contribution in [0.1, 0.15) is 37.4 Å². The number of rotatable bonds is 3. The number of carbonyl (C=O) groups is 1. The van der Waals surface area contributed by atoms with Crippen molar-refractivity contribution >= 4 is 27.0 Å². The summed E-state index contributed by atoms with van der Waals surface area (Å²) >= 11 is 0. The summed E-state index contributed by atoms with van der Waals surface area (Å²) in [5, 5.41) is 0. The number of benzene rings is 1. The van der Waals surface area contributed by atoms with Crippen molar-refractivity contribution in [1.82, 2.24) is 18.8 Å². The minimum absolute atomic E-state index is 0.0543. The van der Waals surface area contributed by atoms with Crippen molar-refractivity contribution in [2.45, 2.75) is 37.6 Å². The first-order chi connectivity index (χ1) is 12.9.